The van der Waals surface area contributed by atoms with E-state index in [1.54, 1.807) is 0 Å². The Balaban J connectivity index is 2.19. The maximum atomic E-state index is 11.2. The van der Waals surface area contributed by atoms with E-state index in [2.05, 4.69) is 15.8 Å². The second-order valence-electron chi connectivity index (χ2n) is 4.20. The van der Waals surface area contributed by atoms with E-state index in [9.17, 15) is 4.79 Å². The molecule has 1 heterocycles. The predicted molar refractivity (Wildman–Crippen MR) is 75.3 cm³/mol. The van der Waals surface area contributed by atoms with Crippen molar-refractivity contribution >= 4 is 34.6 Å². The fraction of sp³-hybridized carbons (Fsp3) is 0.250. The van der Waals surface area contributed by atoms with Crippen LogP contribution in [-0.2, 0) is 4.79 Å². The summed E-state index contributed by atoms with van der Waals surface area (Å²) in [7, 11) is 0. The van der Waals surface area contributed by atoms with Gasteiger partial charge in [0.2, 0.25) is 5.91 Å². The van der Waals surface area contributed by atoms with Crippen LogP contribution in [-0.4, -0.2) is 16.7 Å². The van der Waals surface area contributed by atoms with Crippen molar-refractivity contribution in [1.82, 2.24) is 5.43 Å². The largest absolute Gasteiger partial charge is 0.376 e. The number of nitrogens with one attached hydrogen (secondary N) is 2. The monoisotopic (exact) mass is 262 g/mol. The minimum absolute atomic E-state index is 0.0435. The number of hydrazone groups is 1. The summed E-state index contributed by atoms with van der Waals surface area (Å²) in [5, 5.41) is 7.19. The van der Waals surface area contributed by atoms with Crippen LogP contribution >= 0.6 is 12.2 Å². The molecule has 0 fully saturated rings. The van der Waals surface area contributed by atoms with Crippen molar-refractivity contribution in [2.24, 2.45) is 16.8 Å². The van der Waals surface area contributed by atoms with Crippen molar-refractivity contribution in [3.63, 3.8) is 0 Å². The van der Waals surface area contributed by atoms with Gasteiger partial charge < -0.3 is 11.1 Å². The van der Waals surface area contributed by atoms with E-state index in [4.69, 9.17) is 18.0 Å². The number of hydrogen-bond donors (Lipinski definition) is 3. The average Bonchev–Trinajstić information content (AvgIpc) is 2.30. The number of hydrogen-bond acceptors (Lipinski definition) is 3. The quantitative estimate of drug-likeness (QED) is 0.700. The summed E-state index contributed by atoms with van der Waals surface area (Å²) < 4.78 is 0. The van der Waals surface area contributed by atoms with Gasteiger partial charge in [-0.25, -0.2) is 5.43 Å². The van der Waals surface area contributed by atoms with Crippen LogP contribution in [0.4, 0.5) is 5.69 Å². The van der Waals surface area contributed by atoms with Crippen LogP contribution in [0.3, 0.4) is 0 Å². The summed E-state index contributed by atoms with van der Waals surface area (Å²) in [6.45, 7) is 1.98. The molecular weight excluding hydrogens is 248 g/mol. The Morgan fingerprint density at radius 1 is 1.50 bits per heavy atom. The van der Waals surface area contributed by atoms with Crippen molar-refractivity contribution in [2.45, 2.75) is 13.3 Å². The SMILES string of the molecule is CC1CC(=O)NN=C1c1ccc(NC(N)=S)cc1. The Hall–Kier alpha value is -1.95. The van der Waals surface area contributed by atoms with E-state index >= 15 is 0 Å². The number of carbonyl (C=O) groups is 1. The zero-order valence-corrected chi connectivity index (χ0v) is 10.8. The molecule has 5 nitrogen and oxygen atoms in total. The van der Waals surface area contributed by atoms with E-state index in [-0.39, 0.29) is 16.9 Å². The van der Waals surface area contributed by atoms with E-state index in [1.165, 1.54) is 0 Å². The fourth-order valence-corrected chi connectivity index (χ4v) is 1.99. The summed E-state index contributed by atoms with van der Waals surface area (Å²) in [4.78, 5) is 11.2. The standard InChI is InChI=1S/C12H14N4OS/c1-7-6-10(17)15-16-11(7)8-2-4-9(5-3-8)14-12(13)18/h2-5,7H,6H2,1H3,(H,15,17)(H3,13,14,18). The summed E-state index contributed by atoms with van der Waals surface area (Å²) in [6.07, 6.45) is 0.464. The van der Waals surface area contributed by atoms with Gasteiger partial charge in [0.15, 0.2) is 5.11 Å². The topological polar surface area (TPSA) is 79.5 Å². The lowest BCUT2D eigenvalue weighted by molar-refractivity contribution is -0.121. The highest BCUT2D eigenvalue weighted by Gasteiger charge is 2.21. The van der Waals surface area contributed by atoms with Gasteiger partial charge in [0.1, 0.15) is 0 Å². The molecule has 1 aliphatic rings. The maximum Gasteiger partial charge on any atom is 0.240 e. The van der Waals surface area contributed by atoms with Gasteiger partial charge in [0.05, 0.1) is 5.71 Å². The molecule has 94 valence electrons. The number of benzene rings is 1. The molecule has 2 rings (SSSR count). The molecule has 1 aromatic rings. The fourth-order valence-electron chi connectivity index (χ4n) is 1.87. The molecule has 1 aromatic carbocycles. The number of anilines is 1. The van der Waals surface area contributed by atoms with Gasteiger partial charge in [-0.3, -0.25) is 4.79 Å². The van der Waals surface area contributed by atoms with E-state index in [0.29, 0.717) is 6.42 Å². The number of nitrogens with two attached hydrogens (primary N) is 1. The molecule has 0 saturated carbocycles. The normalized spacial score (nSPS) is 18.8. The van der Waals surface area contributed by atoms with Gasteiger partial charge in [-0.1, -0.05) is 19.1 Å². The van der Waals surface area contributed by atoms with Crippen molar-refractivity contribution in [1.29, 1.82) is 0 Å². The second kappa shape index (κ2) is 5.14. The molecule has 0 spiro atoms. The Labute approximate surface area is 110 Å². The third kappa shape index (κ3) is 2.84. The molecule has 1 atom stereocenters. The van der Waals surface area contributed by atoms with Crippen molar-refractivity contribution < 1.29 is 4.79 Å². The first-order valence-corrected chi connectivity index (χ1v) is 6.00. The smallest absolute Gasteiger partial charge is 0.240 e. The van der Waals surface area contributed by atoms with Crippen LogP contribution in [0.25, 0.3) is 0 Å². The molecule has 1 unspecified atom stereocenters. The number of nitrogens with zero attached hydrogens (tertiary/aromatic N) is 1. The highest BCUT2D eigenvalue weighted by molar-refractivity contribution is 7.80. The maximum absolute atomic E-state index is 11.2. The Kier molecular flexibility index (Phi) is 3.57. The number of rotatable bonds is 2. The van der Waals surface area contributed by atoms with Crippen LogP contribution in [0.1, 0.15) is 18.9 Å². The predicted octanol–water partition coefficient (Wildman–Crippen LogP) is 1.20. The lowest BCUT2D eigenvalue weighted by Crippen LogP contribution is -2.31. The first-order valence-electron chi connectivity index (χ1n) is 5.59. The van der Waals surface area contributed by atoms with Crippen molar-refractivity contribution in [3.8, 4) is 0 Å². The van der Waals surface area contributed by atoms with Gasteiger partial charge in [0.25, 0.3) is 0 Å². The molecule has 0 aliphatic carbocycles. The molecule has 18 heavy (non-hydrogen) atoms. The lowest BCUT2D eigenvalue weighted by atomic mass is 9.94. The van der Waals surface area contributed by atoms with Crippen LogP contribution < -0.4 is 16.5 Å². The molecule has 1 aliphatic heterocycles. The van der Waals surface area contributed by atoms with Crippen LogP contribution in [0.5, 0.6) is 0 Å². The lowest BCUT2D eigenvalue weighted by Gasteiger charge is -2.19. The highest BCUT2D eigenvalue weighted by Crippen LogP contribution is 2.18. The zero-order chi connectivity index (χ0) is 13.1. The Morgan fingerprint density at radius 3 is 2.72 bits per heavy atom. The van der Waals surface area contributed by atoms with Gasteiger partial charge in [0, 0.05) is 18.0 Å². The zero-order valence-electron chi connectivity index (χ0n) is 9.93. The number of amides is 1. The van der Waals surface area contributed by atoms with Gasteiger partial charge in [-0.15, -0.1) is 0 Å². The first-order chi connectivity index (χ1) is 8.56. The molecule has 6 heteroatoms. The minimum Gasteiger partial charge on any atom is -0.376 e. The molecule has 1 amide bonds. The molecule has 0 saturated heterocycles. The molecule has 4 N–H and O–H groups in total. The Morgan fingerprint density at radius 2 is 2.17 bits per heavy atom. The van der Waals surface area contributed by atoms with Gasteiger partial charge in [-0.05, 0) is 29.9 Å². The summed E-state index contributed by atoms with van der Waals surface area (Å²) in [6, 6.07) is 7.60. The second-order valence-corrected chi connectivity index (χ2v) is 4.64. The van der Waals surface area contributed by atoms with E-state index < -0.39 is 0 Å². The van der Waals surface area contributed by atoms with Crippen LogP contribution in [0.15, 0.2) is 29.4 Å². The van der Waals surface area contributed by atoms with E-state index in [1.807, 2.05) is 31.2 Å². The van der Waals surface area contributed by atoms with Gasteiger partial charge in [-0.2, -0.15) is 5.10 Å². The third-order valence-electron chi connectivity index (χ3n) is 2.71. The molecular formula is C12H14N4OS. The molecule has 0 bridgehead atoms. The number of thiocarbonyl (C=S) groups is 1. The van der Waals surface area contributed by atoms with Crippen LogP contribution in [0.2, 0.25) is 0 Å². The summed E-state index contributed by atoms with van der Waals surface area (Å²) in [5.41, 5.74) is 10.6. The third-order valence-corrected chi connectivity index (χ3v) is 2.81. The summed E-state index contributed by atoms with van der Waals surface area (Å²) >= 11 is 4.76. The van der Waals surface area contributed by atoms with Crippen LogP contribution in [0, 0.1) is 5.92 Å². The molecule has 0 radical (unpaired) electrons. The first kappa shape index (κ1) is 12.5. The van der Waals surface area contributed by atoms with Gasteiger partial charge >= 0.3 is 0 Å². The van der Waals surface area contributed by atoms with Crippen molar-refractivity contribution in [3.05, 3.63) is 29.8 Å². The Bertz CT molecular complexity index is 509. The summed E-state index contributed by atoms with van der Waals surface area (Å²) in [5.74, 6) is 0.0751. The van der Waals surface area contributed by atoms with Crippen molar-refractivity contribution in [2.75, 3.05) is 5.32 Å². The molecule has 0 aromatic heterocycles. The minimum atomic E-state index is -0.0435. The highest BCUT2D eigenvalue weighted by atomic mass is 32.1. The average molecular weight is 262 g/mol. The number of carbonyl (C=O) groups excluding carboxylic acids is 1. The van der Waals surface area contributed by atoms with E-state index in [0.717, 1.165) is 17.0 Å².